The van der Waals surface area contributed by atoms with Crippen molar-refractivity contribution in [2.45, 2.75) is 42.5 Å². The normalized spacial score (nSPS) is 18.2. The average molecular weight is 315 g/mol. The molecule has 21 heavy (non-hydrogen) atoms. The Hall–Kier alpha value is -1.47. The summed E-state index contributed by atoms with van der Waals surface area (Å²) in [4.78, 5) is 11.8. The molecule has 0 heterocycles. The van der Waals surface area contributed by atoms with E-state index < -0.39 is 27.3 Å². The largest absolute Gasteiger partial charge is 0.468 e. The highest BCUT2D eigenvalue weighted by molar-refractivity contribution is 7.89. The molecule has 7 heteroatoms. The molecule has 2 rings (SSSR count). The van der Waals surface area contributed by atoms with Crippen molar-refractivity contribution in [1.29, 1.82) is 0 Å². The molecule has 0 radical (unpaired) electrons. The smallest absolute Gasteiger partial charge is 0.327 e. The van der Waals surface area contributed by atoms with Crippen LogP contribution in [0.5, 0.6) is 0 Å². The van der Waals surface area contributed by atoms with Gasteiger partial charge in [0.25, 0.3) is 0 Å². The van der Waals surface area contributed by atoms with Crippen LogP contribution in [0.2, 0.25) is 0 Å². The second-order valence-corrected chi connectivity index (χ2v) is 6.88. The van der Waals surface area contributed by atoms with E-state index in [0.29, 0.717) is 12.8 Å². The van der Waals surface area contributed by atoms with Crippen molar-refractivity contribution >= 4 is 16.0 Å². The number of hydrogen-bond acceptors (Lipinski definition) is 4. The van der Waals surface area contributed by atoms with Crippen molar-refractivity contribution < 1.29 is 22.3 Å². The van der Waals surface area contributed by atoms with Gasteiger partial charge in [-0.1, -0.05) is 25.3 Å². The minimum Gasteiger partial charge on any atom is -0.468 e. The highest BCUT2D eigenvalue weighted by Gasteiger charge is 2.44. The molecule has 0 spiro atoms. The molecule has 1 aromatic carbocycles. The van der Waals surface area contributed by atoms with Crippen molar-refractivity contribution in [3.8, 4) is 0 Å². The summed E-state index contributed by atoms with van der Waals surface area (Å²) in [6.07, 6.45) is 3.18. The molecule has 116 valence electrons. The number of hydrogen-bond donors (Lipinski definition) is 1. The number of halogens is 1. The molecule has 1 aliphatic carbocycles. The third-order valence-electron chi connectivity index (χ3n) is 3.72. The first-order chi connectivity index (χ1) is 9.89. The van der Waals surface area contributed by atoms with Crippen molar-refractivity contribution in [1.82, 2.24) is 4.72 Å². The molecule has 1 fully saturated rings. The number of nitrogens with one attached hydrogen (secondary N) is 1. The van der Waals surface area contributed by atoms with Crippen LogP contribution in [0.1, 0.15) is 32.1 Å². The predicted octanol–water partition coefficient (Wildman–Crippen LogP) is 1.98. The molecular weight excluding hydrogens is 297 g/mol. The van der Waals surface area contributed by atoms with Gasteiger partial charge < -0.3 is 4.74 Å². The first-order valence-electron chi connectivity index (χ1n) is 6.78. The Morgan fingerprint density at radius 3 is 2.52 bits per heavy atom. The fraction of sp³-hybridized carbons (Fsp3) is 0.500. The number of ether oxygens (including phenoxy) is 1. The van der Waals surface area contributed by atoms with Crippen LogP contribution >= 0.6 is 0 Å². The fourth-order valence-electron chi connectivity index (χ4n) is 2.65. The zero-order valence-corrected chi connectivity index (χ0v) is 12.6. The van der Waals surface area contributed by atoms with Gasteiger partial charge in [0, 0.05) is 0 Å². The summed E-state index contributed by atoms with van der Waals surface area (Å²) in [7, 11) is -2.76. The lowest BCUT2D eigenvalue weighted by Crippen LogP contribution is -2.55. The summed E-state index contributed by atoms with van der Waals surface area (Å²) < 4.78 is 45.2. The second-order valence-electron chi connectivity index (χ2n) is 5.20. The van der Waals surface area contributed by atoms with E-state index in [1.807, 2.05) is 0 Å². The Morgan fingerprint density at radius 2 is 1.95 bits per heavy atom. The quantitative estimate of drug-likeness (QED) is 0.862. The number of methoxy groups -OCH3 is 1. The summed E-state index contributed by atoms with van der Waals surface area (Å²) in [6.45, 7) is 0. The SMILES string of the molecule is COC(=O)C1(NS(=O)(=O)c2cccc(F)c2)CCCCC1. The van der Waals surface area contributed by atoms with Crippen molar-refractivity contribution in [2.75, 3.05) is 7.11 Å². The van der Waals surface area contributed by atoms with Gasteiger partial charge in [0.05, 0.1) is 12.0 Å². The molecule has 0 unspecified atom stereocenters. The summed E-state index contributed by atoms with van der Waals surface area (Å²) in [5.74, 6) is -1.24. The van der Waals surface area contributed by atoms with Gasteiger partial charge in [0.15, 0.2) is 0 Å². The molecule has 0 bridgehead atoms. The van der Waals surface area contributed by atoms with Crippen molar-refractivity contribution in [3.05, 3.63) is 30.1 Å². The maximum absolute atomic E-state index is 13.2. The lowest BCUT2D eigenvalue weighted by atomic mass is 9.83. The molecule has 1 saturated carbocycles. The Bertz CT molecular complexity index is 624. The Balaban J connectivity index is 2.33. The fourth-order valence-corrected chi connectivity index (χ4v) is 4.09. The molecular formula is C14H18FNO4S. The van der Waals surface area contributed by atoms with Crippen LogP contribution in [-0.2, 0) is 19.6 Å². The first-order valence-corrected chi connectivity index (χ1v) is 8.26. The zero-order chi connectivity index (χ0) is 15.5. The van der Waals surface area contributed by atoms with Gasteiger partial charge in [0.2, 0.25) is 10.0 Å². The average Bonchev–Trinajstić information content (AvgIpc) is 2.47. The van der Waals surface area contributed by atoms with E-state index >= 15 is 0 Å². The third kappa shape index (κ3) is 3.41. The number of benzene rings is 1. The van der Waals surface area contributed by atoms with E-state index in [4.69, 9.17) is 4.74 Å². The van der Waals surface area contributed by atoms with Crippen LogP contribution in [0, 0.1) is 5.82 Å². The Morgan fingerprint density at radius 1 is 1.29 bits per heavy atom. The van der Waals surface area contributed by atoms with Gasteiger partial charge >= 0.3 is 5.97 Å². The summed E-state index contributed by atoms with van der Waals surface area (Å²) in [5.41, 5.74) is -1.25. The van der Waals surface area contributed by atoms with Gasteiger partial charge in [-0.3, -0.25) is 4.79 Å². The van der Waals surface area contributed by atoms with Crippen LogP contribution < -0.4 is 4.72 Å². The van der Waals surface area contributed by atoms with E-state index in [1.54, 1.807) is 0 Å². The predicted molar refractivity (Wildman–Crippen MR) is 74.6 cm³/mol. The number of carbonyl (C=O) groups excluding carboxylic acids is 1. The van der Waals surface area contributed by atoms with Crippen LogP contribution in [0.15, 0.2) is 29.2 Å². The van der Waals surface area contributed by atoms with E-state index in [0.717, 1.165) is 31.4 Å². The van der Waals surface area contributed by atoms with Crippen LogP contribution in [0.4, 0.5) is 4.39 Å². The number of rotatable bonds is 4. The zero-order valence-electron chi connectivity index (χ0n) is 11.8. The van der Waals surface area contributed by atoms with Gasteiger partial charge in [-0.25, -0.2) is 12.8 Å². The molecule has 1 aliphatic rings. The molecule has 5 nitrogen and oxygen atoms in total. The molecule has 0 aliphatic heterocycles. The monoisotopic (exact) mass is 315 g/mol. The summed E-state index contributed by atoms with van der Waals surface area (Å²) in [6, 6.07) is 4.70. The molecule has 1 N–H and O–H groups in total. The highest BCUT2D eigenvalue weighted by atomic mass is 32.2. The molecule has 0 atom stereocenters. The molecule has 0 aromatic heterocycles. The lowest BCUT2D eigenvalue weighted by Gasteiger charge is -2.34. The Labute approximate surface area is 123 Å². The lowest BCUT2D eigenvalue weighted by molar-refractivity contribution is -0.149. The second kappa shape index (κ2) is 6.11. The summed E-state index contributed by atoms with van der Waals surface area (Å²) >= 11 is 0. The minimum absolute atomic E-state index is 0.198. The molecule has 1 aromatic rings. The van der Waals surface area contributed by atoms with Crippen LogP contribution in [0.3, 0.4) is 0 Å². The van der Waals surface area contributed by atoms with Crippen LogP contribution in [-0.4, -0.2) is 27.0 Å². The maximum Gasteiger partial charge on any atom is 0.327 e. The van der Waals surface area contributed by atoms with E-state index in [2.05, 4.69) is 4.72 Å². The van der Waals surface area contributed by atoms with E-state index in [1.165, 1.54) is 19.2 Å². The topological polar surface area (TPSA) is 72.5 Å². The van der Waals surface area contributed by atoms with Gasteiger partial charge in [-0.15, -0.1) is 0 Å². The number of carbonyl (C=O) groups is 1. The first kappa shape index (κ1) is 15.9. The van der Waals surface area contributed by atoms with Gasteiger partial charge in [-0.2, -0.15) is 4.72 Å². The standard InChI is InChI=1S/C14H18FNO4S/c1-20-13(17)14(8-3-2-4-9-14)16-21(18,19)12-7-5-6-11(15)10-12/h5-7,10,16H,2-4,8-9H2,1H3. The van der Waals surface area contributed by atoms with Crippen molar-refractivity contribution in [2.24, 2.45) is 0 Å². The molecule has 0 saturated heterocycles. The van der Waals surface area contributed by atoms with E-state index in [-0.39, 0.29) is 4.90 Å². The number of esters is 1. The number of sulfonamides is 1. The van der Waals surface area contributed by atoms with Crippen molar-refractivity contribution in [3.63, 3.8) is 0 Å². The Kier molecular flexibility index (Phi) is 4.63. The van der Waals surface area contributed by atoms with Gasteiger partial charge in [0.1, 0.15) is 11.4 Å². The van der Waals surface area contributed by atoms with E-state index in [9.17, 15) is 17.6 Å². The maximum atomic E-state index is 13.2. The summed E-state index contributed by atoms with van der Waals surface area (Å²) in [5, 5.41) is 0. The van der Waals surface area contributed by atoms with Gasteiger partial charge in [-0.05, 0) is 31.0 Å². The highest BCUT2D eigenvalue weighted by Crippen LogP contribution is 2.31. The minimum atomic E-state index is -3.99. The third-order valence-corrected chi connectivity index (χ3v) is 5.25. The molecule has 0 amide bonds. The van der Waals surface area contributed by atoms with Crippen LogP contribution in [0.25, 0.3) is 0 Å².